The highest BCUT2D eigenvalue weighted by Gasteiger charge is 2.36. The highest BCUT2D eigenvalue weighted by molar-refractivity contribution is 6.31. The molecule has 0 atom stereocenters. The molecule has 1 N–H and O–H groups in total. The molecule has 0 heterocycles. The molecule has 0 bridgehead atoms. The Kier molecular flexibility index (Phi) is 5.65. The van der Waals surface area contributed by atoms with Crippen LogP contribution < -0.4 is 4.74 Å². The molecule has 0 aliphatic carbocycles. The quantitative estimate of drug-likeness (QED) is 0.500. The van der Waals surface area contributed by atoms with Gasteiger partial charge in [0.05, 0.1) is 12.7 Å². The van der Waals surface area contributed by atoms with Gasteiger partial charge in [-0.15, -0.1) is 0 Å². The van der Waals surface area contributed by atoms with Crippen molar-refractivity contribution in [2.75, 3.05) is 7.11 Å². The van der Waals surface area contributed by atoms with Crippen LogP contribution in [0.2, 0.25) is 0 Å². The summed E-state index contributed by atoms with van der Waals surface area (Å²) >= 11 is 0. The lowest BCUT2D eigenvalue weighted by molar-refractivity contribution is 0.0732. The number of carbonyl (C=O) groups excluding carboxylic acids is 3. The number of carbonyl (C=O) groups is 3. The van der Waals surface area contributed by atoms with Crippen LogP contribution in [0.4, 0.5) is 0 Å². The van der Waals surface area contributed by atoms with Gasteiger partial charge in [0.15, 0.2) is 17.3 Å². The zero-order chi connectivity index (χ0) is 20.1. The summed E-state index contributed by atoms with van der Waals surface area (Å²) < 4.78 is 5.02. The van der Waals surface area contributed by atoms with Gasteiger partial charge in [-0.1, -0.05) is 60.7 Å². The molecule has 3 aromatic carbocycles. The van der Waals surface area contributed by atoms with E-state index in [1.807, 2.05) is 0 Å². The number of ether oxygens (including phenoxy) is 1. The lowest BCUT2D eigenvalue weighted by Gasteiger charge is -2.15. The van der Waals surface area contributed by atoms with Gasteiger partial charge in [-0.25, -0.2) is 0 Å². The molecular formula is C23H18O5. The Morgan fingerprint density at radius 2 is 1.25 bits per heavy atom. The molecule has 0 aliphatic rings. The summed E-state index contributed by atoms with van der Waals surface area (Å²) in [5, 5.41) is 10.2. The average molecular weight is 374 g/mol. The molecule has 0 unspecified atom stereocenters. The van der Waals surface area contributed by atoms with Crippen molar-refractivity contribution in [3.05, 3.63) is 95.6 Å². The predicted molar refractivity (Wildman–Crippen MR) is 104 cm³/mol. The molecule has 0 aliphatic heterocycles. The van der Waals surface area contributed by atoms with E-state index in [1.165, 1.54) is 25.3 Å². The maximum atomic E-state index is 13.2. The van der Waals surface area contributed by atoms with Crippen LogP contribution in [0.5, 0.6) is 11.5 Å². The maximum Gasteiger partial charge on any atom is 0.185 e. The molecular weight excluding hydrogens is 356 g/mol. The third kappa shape index (κ3) is 3.83. The largest absolute Gasteiger partial charge is 0.507 e. The van der Waals surface area contributed by atoms with Crippen LogP contribution in [0, 0.1) is 5.92 Å². The molecule has 0 spiro atoms. The van der Waals surface area contributed by atoms with E-state index in [-0.39, 0.29) is 22.4 Å². The van der Waals surface area contributed by atoms with Crippen molar-refractivity contribution in [2.45, 2.75) is 0 Å². The standard InChI is InChI=1S/C23H18O5/c1-28-17-12-13-18(19(24)14-17)23(27)20(21(25)15-8-4-2-5-9-15)22(26)16-10-6-3-7-11-16/h2-14,20,24H,1H3. The summed E-state index contributed by atoms with van der Waals surface area (Å²) in [7, 11) is 1.43. The first kappa shape index (κ1) is 19.0. The molecule has 3 rings (SSSR count). The van der Waals surface area contributed by atoms with Crippen molar-refractivity contribution in [2.24, 2.45) is 5.92 Å². The molecule has 0 aromatic heterocycles. The second-order valence-corrected chi connectivity index (χ2v) is 6.14. The van der Waals surface area contributed by atoms with E-state index in [9.17, 15) is 19.5 Å². The number of hydrogen-bond donors (Lipinski definition) is 1. The molecule has 0 radical (unpaired) electrons. The predicted octanol–water partition coefficient (Wildman–Crippen LogP) is 3.97. The molecule has 3 aromatic rings. The molecule has 0 fully saturated rings. The molecule has 28 heavy (non-hydrogen) atoms. The first-order chi connectivity index (χ1) is 13.5. The highest BCUT2D eigenvalue weighted by Crippen LogP contribution is 2.28. The number of phenolic OH excluding ortho intramolecular Hbond substituents is 1. The van der Waals surface area contributed by atoms with Gasteiger partial charge < -0.3 is 9.84 Å². The molecule has 140 valence electrons. The van der Waals surface area contributed by atoms with Crippen LogP contribution in [-0.4, -0.2) is 29.6 Å². The third-order valence-electron chi connectivity index (χ3n) is 4.37. The van der Waals surface area contributed by atoms with Gasteiger partial charge >= 0.3 is 0 Å². The molecule has 0 saturated heterocycles. The first-order valence-electron chi connectivity index (χ1n) is 8.62. The Morgan fingerprint density at radius 1 is 0.750 bits per heavy atom. The van der Waals surface area contributed by atoms with Crippen molar-refractivity contribution in [3.63, 3.8) is 0 Å². The highest BCUT2D eigenvalue weighted by atomic mass is 16.5. The zero-order valence-electron chi connectivity index (χ0n) is 15.2. The summed E-state index contributed by atoms with van der Waals surface area (Å²) in [6, 6.07) is 20.4. The number of Topliss-reactive ketones (excluding diaryl/α,β-unsaturated/α-hetero) is 3. The lowest BCUT2D eigenvalue weighted by atomic mass is 9.84. The smallest absolute Gasteiger partial charge is 0.185 e. The summed E-state index contributed by atoms with van der Waals surface area (Å²) in [6.45, 7) is 0. The van der Waals surface area contributed by atoms with E-state index in [2.05, 4.69) is 0 Å². The molecule has 0 amide bonds. The Balaban J connectivity index is 2.07. The van der Waals surface area contributed by atoms with Gasteiger partial charge in [-0.2, -0.15) is 0 Å². The van der Waals surface area contributed by atoms with Crippen molar-refractivity contribution in [3.8, 4) is 11.5 Å². The van der Waals surface area contributed by atoms with E-state index in [4.69, 9.17) is 4.74 Å². The number of aromatic hydroxyl groups is 1. The minimum atomic E-state index is -1.59. The van der Waals surface area contributed by atoms with Gasteiger partial charge in [0, 0.05) is 17.2 Å². The van der Waals surface area contributed by atoms with E-state index in [0.29, 0.717) is 5.75 Å². The normalized spacial score (nSPS) is 10.5. The van der Waals surface area contributed by atoms with Crippen LogP contribution in [0.25, 0.3) is 0 Å². The maximum absolute atomic E-state index is 13.2. The molecule has 5 heteroatoms. The van der Waals surface area contributed by atoms with Crippen molar-refractivity contribution in [1.29, 1.82) is 0 Å². The number of ketones is 3. The summed E-state index contributed by atoms with van der Waals surface area (Å²) in [6.07, 6.45) is 0. The number of hydrogen-bond acceptors (Lipinski definition) is 5. The number of methoxy groups -OCH3 is 1. The van der Waals surface area contributed by atoms with E-state index >= 15 is 0 Å². The van der Waals surface area contributed by atoms with Crippen LogP contribution in [0.3, 0.4) is 0 Å². The topological polar surface area (TPSA) is 80.7 Å². The van der Waals surface area contributed by atoms with Crippen LogP contribution >= 0.6 is 0 Å². The number of rotatable bonds is 7. The van der Waals surface area contributed by atoms with E-state index in [0.717, 1.165) is 0 Å². The fourth-order valence-electron chi connectivity index (χ4n) is 2.90. The zero-order valence-corrected chi connectivity index (χ0v) is 15.2. The Labute approximate surface area is 162 Å². The number of benzene rings is 3. The minimum absolute atomic E-state index is 0.112. The Hall–Kier alpha value is -3.73. The summed E-state index contributed by atoms with van der Waals surface area (Å²) in [5.74, 6) is -3.58. The second-order valence-electron chi connectivity index (χ2n) is 6.14. The van der Waals surface area contributed by atoms with Gasteiger partial charge in [0.1, 0.15) is 17.4 Å². The summed E-state index contributed by atoms with van der Waals surface area (Å²) in [5.41, 5.74) is 0.385. The van der Waals surface area contributed by atoms with Gasteiger partial charge in [-0.3, -0.25) is 14.4 Å². The Morgan fingerprint density at radius 3 is 1.68 bits per heavy atom. The fraction of sp³-hybridized carbons (Fsp3) is 0.0870. The second kappa shape index (κ2) is 8.31. The summed E-state index contributed by atoms with van der Waals surface area (Å²) in [4.78, 5) is 39.3. The molecule has 5 nitrogen and oxygen atoms in total. The van der Waals surface area contributed by atoms with E-state index < -0.39 is 23.3 Å². The van der Waals surface area contributed by atoms with Gasteiger partial charge in [0.25, 0.3) is 0 Å². The minimum Gasteiger partial charge on any atom is -0.507 e. The lowest BCUT2D eigenvalue weighted by Crippen LogP contribution is -2.32. The van der Waals surface area contributed by atoms with Crippen molar-refractivity contribution in [1.82, 2.24) is 0 Å². The Bertz CT molecular complexity index is 958. The number of phenols is 1. The monoisotopic (exact) mass is 374 g/mol. The molecule has 0 saturated carbocycles. The van der Waals surface area contributed by atoms with E-state index in [1.54, 1.807) is 60.7 Å². The van der Waals surface area contributed by atoms with Crippen molar-refractivity contribution < 1.29 is 24.2 Å². The SMILES string of the molecule is COc1ccc(C(=O)C(C(=O)c2ccccc2)C(=O)c2ccccc2)c(O)c1. The van der Waals surface area contributed by atoms with Crippen LogP contribution in [0.15, 0.2) is 78.9 Å². The third-order valence-corrected chi connectivity index (χ3v) is 4.37. The fourth-order valence-corrected chi connectivity index (χ4v) is 2.90. The van der Waals surface area contributed by atoms with Crippen molar-refractivity contribution >= 4 is 17.3 Å². The van der Waals surface area contributed by atoms with Gasteiger partial charge in [0.2, 0.25) is 0 Å². The average Bonchev–Trinajstić information content (AvgIpc) is 2.74. The first-order valence-corrected chi connectivity index (χ1v) is 8.62. The van der Waals surface area contributed by atoms with Gasteiger partial charge in [-0.05, 0) is 12.1 Å². The van der Waals surface area contributed by atoms with Crippen LogP contribution in [-0.2, 0) is 0 Å². The van der Waals surface area contributed by atoms with Crippen LogP contribution in [0.1, 0.15) is 31.1 Å².